The number of rotatable bonds is 7. The van der Waals surface area contributed by atoms with Gasteiger partial charge in [0.1, 0.15) is 11.4 Å². The molecule has 2 aromatic carbocycles. The topological polar surface area (TPSA) is 68.3 Å². The van der Waals surface area contributed by atoms with Crippen molar-refractivity contribution in [2.45, 2.75) is 29.5 Å². The Morgan fingerprint density at radius 3 is 2.74 bits per heavy atom. The quantitative estimate of drug-likeness (QED) is 0.595. The Kier molecular flexibility index (Phi) is 5.18. The fraction of sp³-hybridized carbons (Fsp3) is 0.286. The van der Waals surface area contributed by atoms with Gasteiger partial charge in [0.2, 0.25) is 0 Å². The van der Waals surface area contributed by atoms with Crippen LogP contribution in [0.3, 0.4) is 0 Å². The van der Waals surface area contributed by atoms with Crippen molar-refractivity contribution in [1.29, 1.82) is 0 Å². The number of furan rings is 1. The molecule has 3 aromatic rings. The molecule has 0 radical (unpaired) electrons. The number of hydrogen-bond donors (Lipinski definition) is 2. The molecule has 3 N–H and O–H groups in total. The van der Waals surface area contributed by atoms with Gasteiger partial charge in [-0.25, -0.2) is 4.39 Å². The van der Waals surface area contributed by atoms with Crippen molar-refractivity contribution in [2.24, 2.45) is 11.7 Å². The Labute approximate surface area is 161 Å². The molecule has 1 aromatic heterocycles. The third-order valence-corrected chi connectivity index (χ3v) is 5.91. The van der Waals surface area contributed by atoms with E-state index in [4.69, 9.17) is 10.2 Å². The molecule has 0 bridgehead atoms. The third kappa shape index (κ3) is 4.01. The Bertz CT molecular complexity index is 968. The van der Waals surface area contributed by atoms with Gasteiger partial charge in [0.05, 0.1) is 0 Å². The summed E-state index contributed by atoms with van der Waals surface area (Å²) in [4.78, 5) is 13.3. The number of hydrogen-bond acceptors (Lipinski definition) is 4. The highest BCUT2D eigenvalue weighted by molar-refractivity contribution is 7.98. The number of thioether (sulfide) groups is 1. The van der Waals surface area contributed by atoms with Crippen molar-refractivity contribution in [3.8, 4) is 0 Å². The van der Waals surface area contributed by atoms with Crippen LogP contribution in [0.4, 0.5) is 4.39 Å². The van der Waals surface area contributed by atoms with Crippen LogP contribution in [-0.2, 0) is 5.75 Å². The minimum atomic E-state index is -0.272. The fourth-order valence-corrected chi connectivity index (χ4v) is 4.09. The van der Waals surface area contributed by atoms with Gasteiger partial charge in [0.15, 0.2) is 5.76 Å². The number of benzene rings is 2. The number of amides is 1. The summed E-state index contributed by atoms with van der Waals surface area (Å²) in [6.45, 7) is 0.431. The largest absolute Gasteiger partial charge is 0.451 e. The molecule has 1 fully saturated rings. The molecule has 1 heterocycles. The molecule has 0 saturated heterocycles. The van der Waals surface area contributed by atoms with E-state index in [1.165, 1.54) is 17.8 Å². The number of fused-ring (bicyclic) bond motifs is 1. The molecule has 140 valence electrons. The van der Waals surface area contributed by atoms with Crippen LogP contribution in [0, 0.1) is 11.7 Å². The molecule has 1 amide bonds. The lowest BCUT2D eigenvalue weighted by Gasteiger charge is -2.11. The molecular formula is C21H21FN2O2S. The van der Waals surface area contributed by atoms with Crippen LogP contribution in [0.2, 0.25) is 0 Å². The van der Waals surface area contributed by atoms with Crippen LogP contribution in [0.15, 0.2) is 57.8 Å². The highest BCUT2D eigenvalue weighted by Gasteiger charge is 2.29. The van der Waals surface area contributed by atoms with E-state index in [1.54, 1.807) is 18.2 Å². The predicted octanol–water partition coefficient (Wildman–Crippen LogP) is 4.33. The first-order valence-electron chi connectivity index (χ1n) is 9.05. The Hall–Kier alpha value is -2.31. The normalized spacial score (nSPS) is 15.0. The van der Waals surface area contributed by atoms with Gasteiger partial charge in [-0.15, -0.1) is 11.8 Å². The van der Waals surface area contributed by atoms with Gasteiger partial charge in [0.25, 0.3) is 5.91 Å². The molecule has 4 rings (SSSR count). The van der Waals surface area contributed by atoms with E-state index < -0.39 is 0 Å². The minimum Gasteiger partial charge on any atom is -0.451 e. The summed E-state index contributed by atoms with van der Waals surface area (Å²) < 4.78 is 19.8. The number of para-hydroxylation sites is 1. The second kappa shape index (κ2) is 7.74. The van der Waals surface area contributed by atoms with E-state index >= 15 is 0 Å². The van der Waals surface area contributed by atoms with E-state index in [0.717, 1.165) is 23.8 Å². The summed E-state index contributed by atoms with van der Waals surface area (Å²) >= 11 is 1.35. The summed E-state index contributed by atoms with van der Waals surface area (Å²) in [7, 11) is 0. The van der Waals surface area contributed by atoms with Gasteiger partial charge >= 0.3 is 0 Å². The van der Waals surface area contributed by atoms with Gasteiger partial charge in [-0.1, -0.05) is 30.3 Å². The molecule has 1 aliphatic carbocycles. The highest BCUT2D eigenvalue weighted by atomic mass is 32.2. The maximum Gasteiger partial charge on any atom is 0.287 e. The summed E-state index contributed by atoms with van der Waals surface area (Å²) in [5.41, 5.74) is 7.50. The second-order valence-corrected chi connectivity index (χ2v) is 7.85. The standard InChI is InChI=1S/C21H21FN2O2S/c22-16-6-2-4-8-19(16)27-12-15-14-5-1-3-7-18(14)26-20(15)21(25)24-11-17(23)13-9-10-13/h1-8,13,17H,9-12,23H2,(H,24,25). The summed E-state index contributed by atoms with van der Waals surface area (Å²) in [6.07, 6.45) is 2.26. The minimum absolute atomic E-state index is 0.0189. The lowest BCUT2D eigenvalue weighted by Crippen LogP contribution is -2.38. The van der Waals surface area contributed by atoms with Gasteiger partial charge in [-0.05, 0) is 37.0 Å². The highest BCUT2D eigenvalue weighted by Crippen LogP contribution is 2.33. The SMILES string of the molecule is NC(CNC(=O)c1oc2ccccc2c1CSc1ccccc1F)C1CC1. The van der Waals surface area contributed by atoms with Crippen LogP contribution in [0.5, 0.6) is 0 Å². The van der Waals surface area contributed by atoms with Gasteiger partial charge in [0, 0.05) is 34.2 Å². The molecule has 1 unspecified atom stereocenters. The van der Waals surface area contributed by atoms with Gasteiger partial charge in [-0.3, -0.25) is 4.79 Å². The summed E-state index contributed by atoms with van der Waals surface area (Å²) in [5, 5.41) is 3.76. The zero-order valence-corrected chi connectivity index (χ0v) is 15.6. The average Bonchev–Trinajstić information content (AvgIpc) is 3.47. The molecule has 0 spiro atoms. The van der Waals surface area contributed by atoms with Crippen LogP contribution < -0.4 is 11.1 Å². The van der Waals surface area contributed by atoms with E-state index in [1.807, 2.05) is 24.3 Å². The van der Waals surface area contributed by atoms with Gasteiger partial charge < -0.3 is 15.5 Å². The van der Waals surface area contributed by atoms with Crippen molar-refractivity contribution in [2.75, 3.05) is 6.54 Å². The first-order valence-corrected chi connectivity index (χ1v) is 10.0. The van der Waals surface area contributed by atoms with E-state index in [-0.39, 0.29) is 23.5 Å². The second-order valence-electron chi connectivity index (χ2n) is 6.84. The molecule has 4 nitrogen and oxygen atoms in total. The molecule has 1 atom stereocenters. The van der Waals surface area contributed by atoms with Crippen LogP contribution in [-0.4, -0.2) is 18.5 Å². The molecule has 1 saturated carbocycles. The van der Waals surface area contributed by atoms with Crippen molar-refractivity contribution >= 4 is 28.6 Å². The van der Waals surface area contributed by atoms with Crippen molar-refractivity contribution in [3.05, 3.63) is 65.7 Å². The first-order chi connectivity index (χ1) is 13.1. The first kappa shape index (κ1) is 18.1. The number of nitrogens with one attached hydrogen (secondary N) is 1. The molecular weight excluding hydrogens is 363 g/mol. The predicted molar refractivity (Wildman–Crippen MR) is 105 cm³/mol. The lowest BCUT2D eigenvalue weighted by molar-refractivity contribution is 0.0924. The molecule has 1 aliphatic rings. The van der Waals surface area contributed by atoms with Gasteiger partial charge in [-0.2, -0.15) is 0 Å². The van der Waals surface area contributed by atoms with Crippen molar-refractivity contribution < 1.29 is 13.6 Å². The van der Waals surface area contributed by atoms with Crippen LogP contribution in [0.25, 0.3) is 11.0 Å². The fourth-order valence-electron chi connectivity index (χ4n) is 3.12. The zero-order valence-electron chi connectivity index (χ0n) is 14.8. The number of halogens is 1. The Balaban J connectivity index is 1.56. The molecule has 6 heteroatoms. The van der Waals surface area contributed by atoms with Crippen LogP contribution >= 0.6 is 11.8 Å². The molecule has 27 heavy (non-hydrogen) atoms. The summed E-state index contributed by atoms with van der Waals surface area (Å²) in [5.74, 6) is 0.693. The van der Waals surface area contributed by atoms with E-state index in [2.05, 4.69) is 5.32 Å². The third-order valence-electron chi connectivity index (χ3n) is 4.84. The lowest BCUT2D eigenvalue weighted by atomic mass is 10.1. The Morgan fingerprint density at radius 2 is 1.96 bits per heavy atom. The smallest absolute Gasteiger partial charge is 0.287 e. The Morgan fingerprint density at radius 1 is 1.22 bits per heavy atom. The maximum absolute atomic E-state index is 13.9. The number of carbonyl (C=O) groups excluding carboxylic acids is 1. The zero-order chi connectivity index (χ0) is 18.8. The number of carbonyl (C=O) groups is 1. The van der Waals surface area contributed by atoms with Crippen LogP contribution in [0.1, 0.15) is 29.0 Å². The molecule has 0 aliphatic heterocycles. The van der Waals surface area contributed by atoms with Crippen molar-refractivity contribution in [3.63, 3.8) is 0 Å². The number of nitrogens with two attached hydrogens (primary N) is 1. The average molecular weight is 384 g/mol. The van der Waals surface area contributed by atoms with E-state index in [9.17, 15) is 9.18 Å². The summed E-state index contributed by atoms with van der Waals surface area (Å²) in [6, 6.07) is 14.1. The van der Waals surface area contributed by atoms with Crippen molar-refractivity contribution in [1.82, 2.24) is 5.32 Å². The maximum atomic E-state index is 13.9. The van der Waals surface area contributed by atoms with E-state index in [0.29, 0.717) is 28.7 Å². The monoisotopic (exact) mass is 384 g/mol.